The molecule has 2 rings (SSSR count). The van der Waals surface area contributed by atoms with Crippen LogP contribution in [0.25, 0.3) is 0 Å². The average Bonchev–Trinajstić information content (AvgIpc) is 2.40. The summed E-state index contributed by atoms with van der Waals surface area (Å²) < 4.78 is 13.4. The molecule has 0 radical (unpaired) electrons. The molecule has 0 aliphatic carbocycles. The van der Waals surface area contributed by atoms with Crippen molar-refractivity contribution < 1.29 is 4.39 Å². The molecule has 100 valence electrons. The minimum absolute atomic E-state index is 0.104. The lowest BCUT2D eigenvalue weighted by Gasteiger charge is -2.07. The Kier molecular flexibility index (Phi) is 4.46. The predicted octanol–water partition coefficient (Wildman–Crippen LogP) is 2.36. The smallest absolute Gasteiger partial charge is 0.228 e. The molecule has 5 nitrogen and oxygen atoms in total. The van der Waals surface area contributed by atoms with Crippen LogP contribution in [0.2, 0.25) is 5.28 Å². The van der Waals surface area contributed by atoms with Crippen LogP contribution in [0.1, 0.15) is 5.56 Å². The number of hydrogen-bond acceptors (Lipinski definition) is 5. The van der Waals surface area contributed by atoms with Gasteiger partial charge in [-0.3, -0.25) is 0 Å². The Morgan fingerprint density at radius 1 is 1.16 bits per heavy atom. The zero-order chi connectivity index (χ0) is 13.7. The Morgan fingerprint density at radius 2 is 1.89 bits per heavy atom. The number of aromatic nitrogens is 3. The van der Waals surface area contributed by atoms with Crippen LogP contribution in [0.4, 0.5) is 16.3 Å². The summed E-state index contributed by atoms with van der Waals surface area (Å²) in [5, 5.41) is 5.87. The Morgan fingerprint density at radius 3 is 2.63 bits per heavy atom. The maximum absolute atomic E-state index is 13.4. The minimum atomic E-state index is -0.214. The largest absolute Gasteiger partial charge is 0.357 e. The maximum Gasteiger partial charge on any atom is 0.228 e. The second kappa shape index (κ2) is 6.29. The molecule has 1 aromatic carbocycles. The lowest BCUT2D eigenvalue weighted by molar-refractivity contribution is 0.610. The highest BCUT2D eigenvalue weighted by Crippen LogP contribution is 2.10. The molecule has 0 unspecified atom stereocenters. The van der Waals surface area contributed by atoms with Crippen molar-refractivity contribution in [3.8, 4) is 0 Å². The normalized spacial score (nSPS) is 10.3. The zero-order valence-electron chi connectivity index (χ0n) is 10.3. The number of halogens is 2. The Labute approximate surface area is 115 Å². The Bertz CT molecular complexity index is 564. The zero-order valence-corrected chi connectivity index (χ0v) is 11.1. The lowest BCUT2D eigenvalue weighted by atomic mass is 10.1. The van der Waals surface area contributed by atoms with Crippen LogP contribution in [0.15, 0.2) is 24.3 Å². The first kappa shape index (κ1) is 13.5. The van der Waals surface area contributed by atoms with E-state index in [4.69, 9.17) is 11.6 Å². The van der Waals surface area contributed by atoms with Crippen molar-refractivity contribution in [2.24, 2.45) is 0 Å². The third-order valence-electron chi connectivity index (χ3n) is 2.47. The highest BCUT2D eigenvalue weighted by atomic mass is 35.5. The summed E-state index contributed by atoms with van der Waals surface area (Å²) in [5.41, 5.74) is 0.643. The second-order valence-corrected chi connectivity index (χ2v) is 4.11. The van der Waals surface area contributed by atoms with Gasteiger partial charge in [0.05, 0.1) is 0 Å². The molecule has 0 bridgehead atoms. The van der Waals surface area contributed by atoms with Crippen LogP contribution in [0.5, 0.6) is 0 Å². The van der Waals surface area contributed by atoms with E-state index in [1.165, 1.54) is 6.07 Å². The second-order valence-electron chi connectivity index (χ2n) is 3.77. The van der Waals surface area contributed by atoms with E-state index in [-0.39, 0.29) is 11.1 Å². The molecule has 1 aromatic heterocycles. The summed E-state index contributed by atoms with van der Waals surface area (Å²) in [6, 6.07) is 6.65. The van der Waals surface area contributed by atoms with Crippen molar-refractivity contribution >= 4 is 23.5 Å². The van der Waals surface area contributed by atoms with Gasteiger partial charge in [-0.25, -0.2) is 4.39 Å². The molecular weight excluding hydrogens is 269 g/mol. The van der Waals surface area contributed by atoms with Crippen molar-refractivity contribution in [1.29, 1.82) is 0 Å². The third-order valence-corrected chi connectivity index (χ3v) is 2.64. The number of anilines is 2. The molecule has 0 saturated heterocycles. The number of nitrogens with zero attached hydrogens (tertiary/aromatic N) is 3. The van der Waals surface area contributed by atoms with Gasteiger partial charge in [0.2, 0.25) is 17.2 Å². The number of benzene rings is 1. The third kappa shape index (κ3) is 3.75. The summed E-state index contributed by atoms with van der Waals surface area (Å²) in [6.45, 7) is 0.504. The van der Waals surface area contributed by atoms with Gasteiger partial charge in [-0.05, 0) is 29.7 Å². The van der Waals surface area contributed by atoms with E-state index in [9.17, 15) is 4.39 Å². The first-order chi connectivity index (χ1) is 9.19. The van der Waals surface area contributed by atoms with Gasteiger partial charge in [-0.1, -0.05) is 18.2 Å². The van der Waals surface area contributed by atoms with Crippen molar-refractivity contribution in [2.75, 3.05) is 24.2 Å². The molecule has 0 amide bonds. The van der Waals surface area contributed by atoms with Crippen LogP contribution >= 0.6 is 11.6 Å². The van der Waals surface area contributed by atoms with Crippen molar-refractivity contribution in [2.45, 2.75) is 6.42 Å². The topological polar surface area (TPSA) is 62.7 Å². The van der Waals surface area contributed by atoms with Crippen LogP contribution < -0.4 is 10.6 Å². The van der Waals surface area contributed by atoms with E-state index in [0.717, 1.165) is 0 Å². The van der Waals surface area contributed by atoms with E-state index in [1.54, 1.807) is 25.2 Å². The molecule has 0 atom stereocenters. The minimum Gasteiger partial charge on any atom is -0.357 e. The monoisotopic (exact) mass is 281 g/mol. The fraction of sp³-hybridized carbons (Fsp3) is 0.250. The van der Waals surface area contributed by atoms with E-state index in [1.807, 2.05) is 0 Å². The van der Waals surface area contributed by atoms with Gasteiger partial charge >= 0.3 is 0 Å². The highest BCUT2D eigenvalue weighted by molar-refractivity contribution is 6.28. The number of nitrogens with one attached hydrogen (secondary N) is 2. The molecule has 0 aliphatic rings. The molecule has 0 aliphatic heterocycles. The summed E-state index contributed by atoms with van der Waals surface area (Å²) in [5.74, 6) is 0.531. The van der Waals surface area contributed by atoms with Gasteiger partial charge < -0.3 is 10.6 Å². The molecule has 2 aromatic rings. The molecule has 2 N–H and O–H groups in total. The fourth-order valence-corrected chi connectivity index (χ4v) is 1.71. The Balaban J connectivity index is 1.96. The van der Waals surface area contributed by atoms with Gasteiger partial charge in [-0.15, -0.1) is 0 Å². The molecule has 0 saturated carbocycles. The molecule has 19 heavy (non-hydrogen) atoms. The van der Waals surface area contributed by atoms with Crippen molar-refractivity contribution in [1.82, 2.24) is 15.0 Å². The summed E-state index contributed by atoms with van der Waals surface area (Å²) in [7, 11) is 1.69. The Hall–Kier alpha value is -1.95. The van der Waals surface area contributed by atoms with Gasteiger partial charge in [0.15, 0.2) is 0 Å². The number of hydrogen-bond donors (Lipinski definition) is 2. The van der Waals surface area contributed by atoms with Crippen LogP contribution in [-0.2, 0) is 6.42 Å². The molecule has 7 heteroatoms. The molecule has 0 fully saturated rings. The summed E-state index contributed by atoms with van der Waals surface area (Å²) in [4.78, 5) is 11.9. The van der Waals surface area contributed by atoms with Crippen LogP contribution in [0.3, 0.4) is 0 Å². The van der Waals surface area contributed by atoms with Gasteiger partial charge in [0.1, 0.15) is 5.82 Å². The SMILES string of the molecule is CNc1nc(Cl)nc(NCCc2ccccc2F)n1. The van der Waals surface area contributed by atoms with Gasteiger partial charge in [-0.2, -0.15) is 15.0 Å². The van der Waals surface area contributed by atoms with Crippen molar-refractivity contribution in [3.63, 3.8) is 0 Å². The maximum atomic E-state index is 13.4. The standard InChI is InChI=1S/C12H13ClFN5/c1-15-11-17-10(13)18-12(19-11)16-7-6-8-4-2-3-5-9(8)14/h2-5H,6-7H2,1H3,(H2,15,16,17,18,19). The fourth-order valence-electron chi connectivity index (χ4n) is 1.55. The summed E-state index contributed by atoms with van der Waals surface area (Å²) >= 11 is 5.75. The first-order valence-corrected chi connectivity index (χ1v) is 6.13. The summed E-state index contributed by atoms with van der Waals surface area (Å²) in [6.07, 6.45) is 0.533. The van der Waals surface area contributed by atoms with Crippen LogP contribution in [-0.4, -0.2) is 28.5 Å². The predicted molar refractivity (Wildman–Crippen MR) is 73.0 cm³/mol. The van der Waals surface area contributed by atoms with E-state index < -0.39 is 0 Å². The quantitative estimate of drug-likeness (QED) is 0.881. The van der Waals surface area contributed by atoms with E-state index >= 15 is 0 Å². The molecular formula is C12H13ClFN5. The van der Waals surface area contributed by atoms with Crippen molar-refractivity contribution in [3.05, 3.63) is 40.9 Å². The number of rotatable bonds is 5. The first-order valence-electron chi connectivity index (χ1n) is 5.75. The molecule has 0 spiro atoms. The average molecular weight is 282 g/mol. The molecule has 1 heterocycles. The van der Waals surface area contributed by atoms with Gasteiger partial charge in [0, 0.05) is 13.6 Å². The van der Waals surface area contributed by atoms with Crippen LogP contribution in [0, 0.1) is 5.82 Å². The lowest BCUT2D eigenvalue weighted by Crippen LogP contribution is -2.10. The highest BCUT2D eigenvalue weighted by Gasteiger charge is 2.04. The van der Waals surface area contributed by atoms with E-state index in [2.05, 4.69) is 25.6 Å². The van der Waals surface area contributed by atoms with Gasteiger partial charge in [0.25, 0.3) is 0 Å². The van der Waals surface area contributed by atoms with E-state index in [0.29, 0.717) is 30.4 Å².